The first-order chi connectivity index (χ1) is 18.3. The number of rotatable bonds is 4. The Hall–Kier alpha value is -4.77. The first-order valence-electron chi connectivity index (χ1n) is 11.8. The molecular weight excluding hydrogens is 504 g/mol. The number of benzene rings is 3. The summed E-state index contributed by atoms with van der Waals surface area (Å²) in [5.41, 5.74) is 2.50. The van der Waals surface area contributed by atoms with Crippen molar-refractivity contribution in [1.82, 2.24) is 14.5 Å². The Labute approximate surface area is 220 Å². The molecule has 2 atom stereocenters. The Balaban J connectivity index is 1.67. The summed E-state index contributed by atoms with van der Waals surface area (Å²) in [5, 5.41) is 11.2. The van der Waals surface area contributed by atoms with Crippen LogP contribution in [0.3, 0.4) is 0 Å². The highest BCUT2D eigenvalue weighted by atomic mass is 32.1. The van der Waals surface area contributed by atoms with Gasteiger partial charge in [0.05, 0.1) is 9.46 Å². The fourth-order valence-corrected chi connectivity index (χ4v) is 6.36. The van der Waals surface area contributed by atoms with Crippen LogP contribution in [0.25, 0.3) is 6.08 Å². The van der Waals surface area contributed by atoms with Crippen LogP contribution < -0.4 is 20.3 Å². The van der Waals surface area contributed by atoms with E-state index < -0.39 is 16.2 Å². The predicted octanol–water partition coefficient (Wildman–Crippen LogP) is 2.53. The molecule has 3 aromatic carbocycles. The molecule has 11 heteroatoms. The Morgan fingerprint density at radius 2 is 1.58 bits per heavy atom. The van der Waals surface area contributed by atoms with Crippen molar-refractivity contribution < 1.29 is 9.72 Å². The average molecular weight is 527 g/mol. The highest BCUT2D eigenvalue weighted by molar-refractivity contribution is 7.07. The number of fused-ring (bicyclic) bond motifs is 2. The highest BCUT2D eigenvalue weighted by Gasteiger charge is 2.69. The summed E-state index contributed by atoms with van der Waals surface area (Å²) in [4.78, 5) is 46.7. The lowest BCUT2D eigenvalue weighted by molar-refractivity contribution is -0.384. The van der Waals surface area contributed by atoms with Crippen LogP contribution in [0.4, 0.5) is 10.5 Å². The van der Waals surface area contributed by atoms with Crippen LogP contribution in [0.2, 0.25) is 0 Å². The van der Waals surface area contributed by atoms with Crippen molar-refractivity contribution >= 4 is 29.1 Å². The van der Waals surface area contributed by atoms with Gasteiger partial charge in [0, 0.05) is 37.4 Å². The third kappa shape index (κ3) is 3.08. The van der Waals surface area contributed by atoms with Crippen LogP contribution in [0, 0.1) is 10.1 Å². The lowest BCUT2D eigenvalue weighted by atomic mass is 9.80. The minimum absolute atomic E-state index is 0.0645. The van der Waals surface area contributed by atoms with Crippen molar-refractivity contribution in [3.63, 3.8) is 0 Å². The van der Waals surface area contributed by atoms with Gasteiger partial charge in [-0.25, -0.2) is 9.79 Å². The number of amides is 2. The van der Waals surface area contributed by atoms with Gasteiger partial charge in [-0.3, -0.25) is 30.1 Å². The molecule has 0 bridgehead atoms. The maximum Gasteiger partial charge on any atom is 0.324 e. The van der Waals surface area contributed by atoms with Crippen LogP contribution in [-0.4, -0.2) is 39.5 Å². The van der Waals surface area contributed by atoms with Crippen LogP contribution in [-0.2, 0) is 11.3 Å². The minimum atomic E-state index is -1.26. The highest BCUT2D eigenvalue weighted by Crippen LogP contribution is 2.53. The van der Waals surface area contributed by atoms with E-state index in [-0.39, 0.29) is 17.3 Å². The van der Waals surface area contributed by atoms with E-state index >= 15 is 0 Å². The van der Waals surface area contributed by atoms with Crippen molar-refractivity contribution in [2.45, 2.75) is 11.3 Å². The first-order valence-corrected chi connectivity index (χ1v) is 12.6. The molecule has 10 nitrogen and oxygen atoms in total. The SMILES string of the molecule is CN1C(=O)N(C)[C@@]2(c3ccccc3)Nn3c(s/c(=C\c4cccc([N+](=O)[O-])c4)c3=O)=N[C@]12c1ccccc1. The van der Waals surface area contributed by atoms with E-state index in [9.17, 15) is 19.7 Å². The molecule has 4 aromatic rings. The number of carbonyl (C=O) groups excluding carboxylic acids is 1. The first kappa shape index (κ1) is 23.6. The number of likely N-dealkylation sites (N-methyl/N-ethyl adjacent to an activating group) is 2. The quantitative estimate of drug-likeness (QED) is 0.324. The summed E-state index contributed by atoms with van der Waals surface area (Å²) < 4.78 is 1.71. The number of hydrogen-bond acceptors (Lipinski definition) is 7. The molecular formula is C27H22N6O4S. The molecule has 2 aliphatic rings. The summed E-state index contributed by atoms with van der Waals surface area (Å²) in [6.45, 7) is 0. The fraction of sp³-hybridized carbons (Fsp3) is 0.148. The van der Waals surface area contributed by atoms with E-state index in [0.29, 0.717) is 14.9 Å². The molecule has 1 N–H and O–H groups in total. The Morgan fingerprint density at radius 3 is 2.24 bits per heavy atom. The van der Waals surface area contributed by atoms with Crippen LogP contribution in [0.15, 0.2) is 94.7 Å². The lowest BCUT2D eigenvalue weighted by Gasteiger charge is -2.49. The smallest absolute Gasteiger partial charge is 0.295 e. The summed E-state index contributed by atoms with van der Waals surface area (Å²) >= 11 is 1.15. The van der Waals surface area contributed by atoms with Gasteiger partial charge in [-0.05, 0) is 11.6 Å². The number of aromatic nitrogens is 1. The average Bonchev–Trinajstić information content (AvgIpc) is 3.33. The Bertz CT molecular complexity index is 1770. The van der Waals surface area contributed by atoms with E-state index in [2.05, 4.69) is 5.43 Å². The standard InChI is InChI=1S/C27H22N6O4S/c1-30-25(35)31(2)27(20-13-7-4-8-14-20)26(30,19-11-5-3-6-12-19)28-24-32(29-27)23(34)22(38-24)17-18-10-9-15-21(16-18)33(36)37/h3-17,29H,1-2H3/b22-17-/t26-,27-/m1/s1. The van der Waals surface area contributed by atoms with Gasteiger partial charge < -0.3 is 0 Å². The van der Waals surface area contributed by atoms with E-state index in [4.69, 9.17) is 4.99 Å². The molecule has 0 radical (unpaired) electrons. The van der Waals surface area contributed by atoms with Crippen molar-refractivity contribution in [2.24, 2.45) is 4.99 Å². The van der Waals surface area contributed by atoms with Crippen LogP contribution in [0.1, 0.15) is 16.7 Å². The molecule has 0 unspecified atom stereocenters. The fourth-order valence-electron chi connectivity index (χ4n) is 5.40. The maximum atomic E-state index is 13.7. The molecule has 1 aromatic heterocycles. The van der Waals surface area contributed by atoms with E-state index in [1.165, 1.54) is 16.8 Å². The number of nitrogens with zero attached hydrogens (tertiary/aromatic N) is 5. The van der Waals surface area contributed by atoms with Crippen molar-refractivity contribution in [1.29, 1.82) is 0 Å². The topological polar surface area (TPSA) is 113 Å². The normalized spacial score (nSPS) is 22.5. The molecule has 3 heterocycles. The Morgan fingerprint density at radius 1 is 0.921 bits per heavy atom. The Kier molecular flexibility index (Phi) is 5.21. The molecule has 0 saturated carbocycles. The largest absolute Gasteiger partial charge is 0.324 e. The van der Waals surface area contributed by atoms with E-state index in [1.54, 1.807) is 42.1 Å². The number of urea groups is 1. The minimum Gasteiger partial charge on any atom is -0.295 e. The third-order valence-corrected chi connectivity index (χ3v) is 8.12. The monoisotopic (exact) mass is 526 g/mol. The second-order valence-corrected chi connectivity index (χ2v) is 10.1. The van der Waals surface area contributed by atoms with Crippen molar-refractivity contribution in [2.75, 3.05) is 19.5 Å². The summed E-state index contributed by atoms with van der Waals surface area (Å²) in [7, 11) is 3.40. The molecule has 0 aliphatic carbocycles. The number of non-ortho nitro benzene ring substituents is 1. The maximum absolute atomic E-state index is 13.7. The molecule has 2 aliphatic heterocycles. The number of thiazole rings is 1. The van der Waals surface area contributed by atoms with Gasteiger partial charge in [0.15, 0.2) is 0 Å². The van der Waals surface area contributed by atoms with Crippen LogP contribution >= 0.6 is 11.3 Å². The van der Waals surface area contributed by atoms with Gasteiger partial charge in [-0.15, -0.1) is 0 Å². The predicted molar refractivity (Wildman–Crippen MR) is 143 cm³/mol. The number of nitro groups is 1. The molecule has 1 saturated heterocycles. The van der Waals surface area contributed by atoms with Crippen molar-refractivity contribution in [3.8, 4) is 0 Å². The molecule has 190 valence electrons. The van der Waals surface area contributed by atoms with E-state index in [0.717, 1.165) is 22.5 Å². The molecule has 6 rings (SSSR count). The number of hydrogen-bond donors (Lipinski definition) is 1. The number of carbonyl (C=O) groups is 1. The van der Waals surface area contributed by atoms with Gasteiger partial charge >= 0.3 is 6.03 Å². The van der Waals surface area contributed by atoms with Gasteiger partial charge in [0.25, 0.3) is 11.2 Å². The molecule has 38 heavy (non-hydrogen) atoms. The van der Waals surface area contributed by atoms with Gasteiger partial charge in [-0.1, -0.05) is 84.1 Å². The number of nitro benzene ring substituents is 1. The zero-order valence-electron chi connectivity index (χ0n) is 20.4. The zero-order chi connectivity index (χ0) is 26.7. The molecule has 1 fully saturated rings. The van der Waals surface area contributed by atoms with Gasteiger partial charge in [0.1, 0.15) is 0 Å². The zero-order valence-corrected chi connectivity index (χ0v) is 21.3. The van der Waals surface area contributed by atoms with Crippen LogP contribution in [0.5, 0.6) is 0 Å². The number of nitrogens with one attached hydrogen (secondary N) is 1. The summed E-state index contributed by atoms with van der Waals surface area (Å²) in [6.07, 6.45) is 1.61. The molecule has 0 spiro atoms. The van der Waals surface area contributed by atoms with Crippen molar-refractivity contribution in [3.05, 3.63) is 131 Å². The van der Waals surface area contributed by atoms with Gasteiger partial charge in [-0.2, -0.15) is 4.68 Å². The third-order valence-electron chi connectivity index (χ3n) is 7.15. The van der Waals surface area contributed by atoms with E-state index in [1.807, 2.05) is 60.7 Å². The lowest BCUT2D eigenvalue weighted by Crippen LogP contribution is -2.67. The second-order valence-electron chi connectivity index (χ2n) is 9.12. The second kappa shape index (κ2) is 8.38. The van der Waals surface area contributed by atoms with Gasteiger partial charge in [0.2, 0.25) is 16.1 Å². The molecule has 2 amide bonds. The summed E-state index contributed by atoms with van der Waals surface area (Å²) in [5.74, 6) is 0. The summed E-state index contributed by atoms with van der Waals surface area (Å²) in [6, 6.07) is 24.8.